The van der Waals surface area contributed by atoms with Crippen LogP contribution in [-0.4, -0.2) is 34.3 Å². The molecule has 0 radical (unpaired) electrons. The molecule has 2 rings (SSSR count). The zero-order valence-corrected chi connectivity index (χ0v) is 9.48. The van der Waals surface area contributed by atoms with E-state index in [1.807, 2.05) is 0 Å². The van der Waals surface area contributed by atoms with Crippen LogP contribution in [0.4, 0.5) is 24.9 Å². The standard InChI is InChI=1S/C10H13F3N4O/c11-10(12,13)7-4-8(16-9(14)15-7)17-3-1-2-6(17)5-18/h4,6,18H,1-3,5H2,(H2,14,15,16). The van der Waals surface area contributed by atoms with Gasteiger partial charge in [-0.2, -0.15) is 18.2 Å². The summed E-state index contributed by atoms with van der Waals surface area (Å²) in [6.07, 6.45) is -3.03. The van der Waals surface area contributed by atoms with Crippen LogP contribution >= 0.6 is 0 Å². The molecule has 1 aliphatic heterocycles. The molecule has 0 aliphatic carbocycles. The van der Waals surface area contributed by atoms with Crippen LogP contribution in [0.15, 0.2) is 6.07 Å². The summed E-state index contributed by atoms with van der Waals surface area (Å²) < 4.78 is 37.8. The summed E-state index contributed by atoms with van der Waals surface area (Å²) >= 11 is 0. The van der Waals surface area contributed by atoms with Crippen LogP contribution in [0.1, 0.15) is 18.5 Å². The van der Waals surface area contributed by atoms with Crippen molar-refractivity contribution in [2.45, 2.75) is 25.1 Å². The van der Waals surface area contributed by atoms with Gasteiger partial charge in [-0.15, -0.1) is 0 Å². The Bertz CT molecular complexity index is 438. The molecule has 3 N–H and O–H groups in total. The summed E-state index contributed by atoms with van der Waals surface area (Å²) in [4.78, 5) is 8.62. The Hall–Kier alpha value is -1.57. The normalized spacial score (nSPS) is 20.4. The highest BCUT2D eigenvalue weighted by Gasteiger charge is 2.35. The fourth-order valence-corrected chi connectivity index (χ4v) is 2.07. The van der Waals surface area contributed by atoms with Gasteiger partial charge in [0.15, 0.2) is 5.69 Å². The maximum atomic E-state index is 12.6. The first kappa shape index (κ1) is 12.9. The number of aromatic nitrogens is 2. The van der Waals surface area contributed by atoms with Gasteiger partial charge in [-0.1, -0.05) is 0 Å². The lowest BCUT2D eigenvalue weighted by Crippen LogP contribution is -2.33. The van der Waals surface area contributed by atoms with Gasteiger partial charge in [-0.3, -0.25) is 0 Å². The molecule has 1 fully saturated rings. The van der Waals surface area contributed by atoms with Crippen LogP contribution in [0.2, 0.25) is 0 Å². The Labute approximate surface area is 101 Å². The van der Waals surface area contributed by atoms with Crippen molar-refractivity contribution in [1.82, 2.24) is 9.97 Å². The largest absolute Gasteiger partial charge is 0.433 e. The van der Waals surface area contributed by atoms with Gasteiger partial charge >= 0.3 is 6.18 Å². The van der Waals surface area contributed by atoms with E-state index < -0.39 is 17.8 Å². The van der Waals surface area contributed by atoms with Gasteiger partial charge in [0, 0.05) is 12.6 Å². The van der Waals surface area contributed by atoms with Crippen LogP contribution in [0.5, 0.6) is 0 Å². The van der Waals surface area contributed by atoms with Gasteiger partial charge in [-0.25, -0.2) is 4.98 Å². The van der Waals surface area contributed by atoms with Gasteiger partial charge in [0.05, 0.1) is 12.6 Å². The smallest absolute Gasteiger partial charge is 0.394 e. The monoisotopic (exact) mass is 262 g/mol. The van der Waals surface area contributed by atoms with Crippen LogP contribution < -0.4 is 10.6 Å². The Morgan fingerprint density at radius 1 is 1.44 bits per heavy atom. The molecule has 1 aliphatic rings. The Kier molecular flexibility index (Phi) is 3.29. The molecule has 0 spiro atoms. The summed E-state index contributed by atoms with van der Waals surface area (Å²) in [6, 6.07) is 0.657. The van der Waals surface area contributed by atoms with E-state index >= 15 is 0 Å². The molecule has 18 heavy (non-hydrogen) atoms. The Balaban J connectivity index is 2.36. The summed E-state index contributed by atoms with van der Waals surface area (Å²) in [5.41, 5.74) is 4.24. The summed E-state index contributed by atoms with van der Waals surface area (Å²) in [5, 5.41) is 9.16. The maximum absolute atomic E-state index is 12.6. The van der Waals surface area contributed by atoms with E-state index in [0.717, 1.165) is 18.9 Å². The molecule has 1 aromatic heterocycles. The first-order valence-corrected chi connectivity index (χ1v) is 5.51. The number of anilines is 2. The van der Waals surface area contributed by atoms with Gasteiger partial charge in [-0.05, 0) is 12.8 Å². The third-order valence-electron chi connectivity index (χ3n) is 2.90. The minimum Gasteiger partial charge on any atom is -0.394 e. The average molecular weight is 262 g/mol. The molecule has 0 amide bonds. The average Bonchev–Trinajstić information content (AvgIpc) is 2.74. The maximum Gasteiger partial charge on any atom is 0.433 e. The van der Waals surface area contributed by atoms with Gasteiger partial charge in [0.1, 0.15) is 5.82 Å². The minimum absolute atomic E-state index is 0.117. The van der Waals surface area contributed by atoms with Crippen molar-refractivity contribution in [1.29, 1.82) is 0 Å². The number of alkyl halides is 3. The van der Waals surface area contributed by atoms with E-state index in [4.69, 9.17) is 10.8 Å². The number of halogens is 3. The van der Waals surface area contributed by atoms with Crippen LogP contribution in [0, 0.1) is 0 Å². The predicted molar refractivity (Wildman–Crippen MR) is 58.9 cm³/mol. The highest BCUT2D eigenvalue weighted by molar-refractivity contribution is 5.46. The fourth-order valence-electron chi connectivity index (χ4n) is 2.07. The number of hydrogen-bond acceptors (Lipinski definition) is 5. The number of nitrogen functional groups attached to an aromatic ring is 1. The van der Waals surface area contributed by atoms with Crippen LogP contribution in [0.3, 0.4) is 0 Å². The number of nitrogens with two attached hydrogens (primary N) is 1. The van der Waals surface area contributed by atoms with E-state index in [1.165, 1.54) is 0 Å². The highest BCUT2D eigenvalue weighted by atomic mass is 19.4. The predicted octanol–water partition coefficient (Wildman–Crippen LogP) is 1.04. The molecular formula is C10H13F3N4O. The Morgan fingerprint density at radius 2 is 2.17 bits per heavy atom. The van der Waals surface area contributed by atoms with Gasteiger partial charge in [0.25, 0.3) is 0 Å². The molecule has 1 aromatic rings. The summed E-state index contributed by atoms with van der Waals surface area (Å²) in [7, 11) is 0. The second-order valence-electron chi connectivity index (χ2n) is 4.14. The molecular weight excluding hydrogens is 249 g/mol. The van der Waals surface area contributed by atoms with E-state index in [2.05, 4.69) is 9.97 Å². The first-order valence-electron chi connectivity index (χ1n) is 5.51. The van der Waals surface area contributed by atoms with E-state index in [1.54, 1.807) is 4.90 Å². The second-order valence-corrected chi connectivity index (χ2v) is 4.14. The Morgan fingerprint density at radius 3 is 2.78 bits per heavy atom. The zero-order chi connectivity index (χ0) is 13.3. The topological polar surface area (TPSA) is 75.3 Å². The summed E-state index contributed by atoms with van der Waals surface area (Å²) in [6.45, 7) is 0.435. The molecule has 8 heteroatoms. The molecule has 0 saturated carbocycles. The van der Waals surface area contributed by atoms with E-state index in [-0.39, 0.29) is 18.5 Å². The lowest BCUT2D eigenvalue weighted by molar-refractivity contribution is -0.141. The van der Waals surface area contributed by atoms with Crippen molar-refractivity contribution >= 4 is 11.8 Å². The third-order valence-corrected chi connectivity index (χ3v) is 2.90. The lowest BCUT2D eigenvalue weighted by Gasteiger charge is -2.24. The van der Waals surface area contributed by atoms with Crippen molar-refractivity contribution in [2.24, 2.45) is 0 Å². The molecule has 5 nitrogen and oxygen atoms in total. The first-order chi connectivity index (χ1) is 8.41. The van der Waals surface area contributed by atoms with Crippen LogP contribution in [-0.2, 0) is 6.18 Å². The lowest BCUT2D eigenvalue weighted by atomic mass is 10.2. The number of hydrogen-bond donors (Lipinski definition) is 2. The second kappa shape index (κ2) is 4.60. The molecule has 1 saturated heterocycles. The fraction of sp³-hybridized carbons (Fsp3) is 0.600. The van der Waals surface area contributed by atoms with Gasteiger partial charge < -0.3 is 15.7 Å². The minimum atomic E-state index is -4.56. The molecule has 2 heterocycles. The quantitative estimate of drug-likeness (QED) is 0.833. The molecule has 1 atom stereocenters. The number of aliphatic hydroxyl groups is 1. The SMILES string of the molecule is Nc1nc(N2CCCC2CO)cc(C(F)(F)F)n1. The molecule has 0 aromatic carbocycles. The molecule has 100 valence electrons. The third kappa shape index (κ3) is 2.47. The van der Waals surface area contributed by atoms with E-state index in [9.17, 15) is 13.2 Å². The van der Waals surface area contributed by atoms with Crippen molar-refractivity contribution in [2.75, 3.05) is 23.8 Å². The molecule has 0 bridgehead atoms. The summed E-state index contributed by atoms with van der Waals surface area (Å²) in [5.74, 6) is -0.296. The van der Waals surface area contributed by atoms with Gasteiger partial charge in [0.2, 0.25) is 5.95 Å². The van der Waals surface area contributed by atoms with Crippen molar-refractivity contribution in [3.05, 3.63) is 11.8 Å². The molecule has 1 unspecified atom stereocenters. The number of aliphatic hydroxyl groups excluding tert-OH is 1. The van der Waals surface area contributed by atoms with Crippen molar-refractivity contribution < 1.29 is 18.3 Å². The van der Waals surface area contributed by atoms with E-state index in [0.29, 0.717) is 6.54 Å². The van der Waals surface area contributed by atoms with Crippen LogP contribution in [0.25, 0.3) is 0 Å². The zero-order valence-electron chi connectivity index (χ0n) is 9.48. The number of rotatable bonds is 2. The highest BCUT2D eigenvalue weighted by Crippen LogP contribution is 2.32. The van der Waals surface area contributed by atoms with Crippen molar-refractivity contribution in [3.8, 4) is 0 Å². The van der Waals surface area contributed by atoms with Crippen molar-refractivity contribution in [3.63, 3.8) is 0 Å². The number of nitrogens with zero attached hydrogens (tertiary/aromatic N) is 3.